The van der Waals surface area contributed by atoms with Crippen molar-refractivity contribution in [1.82, 2.24) is 4.98 Å². The predicted molar refractivity (Wildman–Crippen MR) is 87.9 cm³/mol. The number of rotatable bonds is 5. The fraction of sp³-hybridized carbons (Fsp3) is 0.333. The van der Waals surface area contributed by atoms with Gasteiger partial charge >= 0.3 is 0 Å². The third-order valence-corrected chi connectivity index (χ3v) is 3.95. The molecule has 0 radical (unpaired) electrons. The van der Waals surface area contributed by atoms with Crippen molar-refractivity contribution in [3.63, 3.8) is 0 Å². The van der Waals surface area contributed by atoms with Crippen LogP contribution in [0.3, 0.4) is 0 Å². The van der Waals surface area contributed by atoms with E-state index < -0.39 is 0 Å². The average Bonchev–Trinajstić information content (AvgIpc) is 3.13. The lowest BCUT2D eigenvalue weighted by Crippen LogP contribution is -2.37. The number of pyridine rings is 1. The molecule has 0 bridgehead atoms. The van der Waals surface area contributed by atoms with Crippen LogP contribution in [0, 0.1) is 0 Å². The Bertz CT molecular complexity index is 654. The van der Waals surface area contributed by atoms with Gasteiger partial charge in [-0.2, -0.15) is 0 Å². The van der Waals surface area contributed by atoms with Gasteiger partial charge in [0, 0.05) is 30.3 Å². The average molecular weight is 312 g/mol. The monoisotopic (exact) mass is 312 g/mol. The molecule has 1 aromatic carbocycles. The van der Waals surface area contributed by atoms with Gasteiger partial charge in [0.2, 0.25) is 0 Å². The Morgan fingerprint density at radius 2 is 2.17 bits per heavy atom. The first-order valence-electron chi connectivity index (χ1n) is 7.75. The molecule has 1 saturated heterocycles. The second-order valence-electron chi connectivity index (χ2n) is 5.49. The highest BCUT2D eigenvalue weighted by molar-refractivity contribution is 6.06. The Hall–Kier alpha value is -2.40. The molecule has 0 saturated carbocycles. The van der Waals surface area contributed by atoms with Gasteiger partial charge in [0.25, 0.3) is 5.91 Å². The van der Waals surface area contributed by atoms with Crippen molar-refractivity contribution in [2.75, 3.05) is 25.2 Å². The van der Waals surface area contributed by atoms with E-state index in [0.717, 1.165) is 25.1 Å². The molecular formula is C18H20N2O3. The molecule has 0 spiro atoms. The van der Waals surface area contributed by atoms with Crippen LogP contribution in [-0.4, -0.2) is 37.3 Å². The van der Waals surface area contributed by atoms with Gasteiger partial charge in [-0.25, -0.2) is 0 Å². The highest BCUT2D eigenvalue weighted by atomic mass is 16.5. The SMILES string of the molecule is COc1cccc(C(=O)N(C[C@H]2CCCO2)c2ccncc2)c1. The smallest absolute Gasteiger partial charge is 0.258 e. The van der Waals surface area contributed by atoms with E-state index in [1.165, 1.54) is 0 Å². The summed E-state index contributed by atoms with van der Waals surface area (Å²) in [6.07, 6.45) is 5.49. The zero-order valence-electron chi connectivity index (χ0n) is 13.1. The number of benzene rings is 1. The standard InChI is InChI=1S/C18H20N2O3/c1-22-16-5-2-4-14(12-16)18(21)20(13-17-6-3-11-23-17)15-7-9-19-10-8-15/h2,4-5,7-10,12,17H,3,6,11,13H2,1H3/t17-/m1/s1. The first-order chi connectivity index (χ1) is 11.3. The van der Waals surface area contributed by atoms with Crippen LogP contribution in [0.1, 0.15) is 23.2 Å². The van der Waals surface area contributed by atoms with Crippen LogP contribution in [0.25, 0.3) is 0 Å². The molecule has 0 aliphatic carbocycles. The third kappa shape index (κ3) is 3.68. The summed E-state index contributed by atoms with van der Waals surface area (Å²) in [5.41, 5.74) is 1.42. The summed E-state index contributed by atoms with van der Waals surface area (Å²) in [7, 11) is 1.59. The predicted octanol–water partition coefficient (Wildman–Crippen LogP) is 2.92. The number of carbonyl (C=O) groups excluding carboxylic acids is 1. The normalized spacial score (nSPS) is 17.0. The van der Waals surface area contributed by atoms with E-state index in [1.54, 1.807) is 36.5 Å². The van der Waals surface area contributed by atoms with Gasteiger partial charge in [0.15, 0.2) is 0 Å². The van der Waals surface area contributed by atoms with E-state index in [9.17, 15) is 4.79 Å². The maximum Gasteiger partial charge on any atom is 0.258 e. The Morgan fingerprint density at radius 3 is 2.87 bits per heavy atom. The van der Waals surface area contributed by atoms with Crippen LogP contribution in [-0.2, 0) is 4.74 Å². The maximum atomic E-state index is 13.0. The number of aromatic nitrogens is 1. The molecule has 3 rings (SSSR count). The maximum absolute atomic E-state index is 13.0. The van der Waals surface area contributed by atoms with Crippen LogP contribution >= 0.6 is 0 Å². The van der Waals surface area contributed by atoms with E-state index in [4.69, 9.17) is 9.47 Å². The highest BCUT2D eigenvalue weighted by Gasteiger charge is 2.24. The molecule has 1 atom stereocenters. The molecule has 2 aromatic rings. The van der Waals surface area contributed by atoms with Crippen LogP contribution in [0.2, 0.25) is 0 Å². The van der Waals surface area contributed by atoms with Crippen molar-refractivity contribution >= 4 is 11.6 Å². The van der Waals surface area contributed by atoms with Crippen molar-refractivity contribution < 1.29 is 14.3 Å². The van der Waals surface area contributed by atoms with E-state index >= 15 is 0 Å². The summed E-state index contributed by atoms with van der Waals surface area (Å²) in [6, 6.07) is 10.9. The second kappa shape index (κ2) is 7.24. The van der Waals surface area contributed by atoms with Gasteiger partial charge in [-0.3, -0.25) is 9.78 Å². The molecule has 1 aromatic heterocycles. The molecule has 1 aliphatic rings. The molecular weight excluding hydrogens is 292 g/mol. The lowest BCUT2D eigenvalue weighted by Gasteiger charge is -2.25. The number of amides is 1. The fourth-order valence-electron chi connectivity index (χ4n) is 2.73. The van der Waals surface area contributed by atoms with Crippen molar-refractivity contribution in [3.8, 4) is 5.75 Å². The van der Waals surface area contributed by atoms with Gasteiger partial charge in [0.1, 0.15) is 5.75 Å². The molecule has 1 fully saturated rings. The second-order valence-corrected chi connectivity index (χ2v) is 5.49. The molecule has 120 valence electrons. The van der Waals surface area contributed by atoms with Crippen molar-refractivity contribution in [3.05, 3.63) is 54.4 Å². The minimum Gasteiger partial charge on any atom is -0.497 e. The molecule has 0 unspecified atom stereocenters. The van der Waals surface area contributed by atoms with Crippen LogP contribution < -0.4 is 9.64 Å². The summed E-state index contributed by atoms with van der Waals surface area (Å²) in [5.74, 6) is 0.605. The molecule has 5 heteroatoms. The quantitative estimate of drug-likeness (QED) is 0.852. The Morgan fingerprint density at radius 1 is 1.35 bits per heavy atom. The summed E-state index contributed by atoms with van der Waals surface area (Å²) < 4.78 is 10.9. The van der Waals surface area contributed by atoms with E-state index in [-0.39, 0.29) is 12.0 Å². The lowest BCUT2D eigenvalue weighted by molar-refractivity contribution is 0.0917. The Labute approximate surface area is 135 Å². The molecule has 0 N–H and O–H groups in total. The number of hydrogen-bond acceptors (Lipinski definition) is 4. The molecule has 1 aliphatic heterocycles. The first-order valence-corrected chi connectivity index (χ1v) is 7.75. The Kier molecular flexibility index (Phi) is 4.88. The minimum atomic E-state index is -0.0643. The van der Waals surface area contributed by atoms with E-state index in [0.29, 0.717) is 17.9 Å². The van der Waals surface area contributed by atoms with Gasteiger partial charge in [0.05, 0.1) is 19.8 Å². The van der Waals surface area contributed by atoms with Crippen molar-refractivity contribution in [1.29, 1.82) is 0 Å². The topological polar surface area (TPSA) is 51.7 Å². The van der Waals surface area contributed by atoms with Gasteiger partial charge in [-0.15, -0.1) is 0 Å². The molecule has 1 amide bonds. The minimum absolute atomic E-state index is 0.0643. The van der Waals surface area contributed by atoms with Gasteiger partial charge in [-0.05, 0) is 43.2 Å². The Balaban J connectivity index is 1.88. The number of carbonyl (C=O) groups is 1. The third-order valence-electron chi connectivity index (χ3n) is 3.95. The van der Waals surface area contributed by atoms with Gasteiger partial charge in [-0.1, -0.05) is 6.07 Å². The molecule has 2 heterocycles. The van der Waals surface area contributed by atoms with Crippen molar-refractivity contribution in [2.24, 2.45) is 0 Å². The van der Waals surface area contributed by atoms with Gasteiger partial charge < -0.3 is 14.4 Å². The molecule has 23 heavy (non-hydrogen) atoms. The largest absolute Gasteiger partial charge is 0.497 e. The number of methoxy groups -OCH3 is 1. The van der Waals surface area contributed by atoms with Crippen LogP contribution in [0.15, 0.2) is 48.8 Å². The number of hydrogen-bond donors (Lipinski definition) is 0. The number of anilines is 1. The number of ether oxygens (including phenoxy) is 2. The summed E-state index contributed by atoms with van der Waals surface area (Å²) in [4.78, 5) is 18.8. The van der Waals surface area contributed by atoms with E-state index in [2.05, 4.69) is 4.98 Å². The fourth-order valence-corrected chi connectivity index (χ4v) is 2.73. The zero-order chi connectivity index (χ0) is 16.1. The number of nitrogens with zero attached hydrogens (tertiary/aromatic N) is 2. The summed E-state index contributed by atoms with van der Waals surface area (Å²) in [5, 5.41) is 0. The summed E-state index contributed by atoms with van der Waals surface area (Å²) >= 11 is 0. The highest BCUT2D eigenvalue weighted by Crippen LogP contribution is 2.22. The van der Waals surface area contributed by atoms with Crippen LogP contribution in [0.4, 0.5) is 5.69 Å². The lowest BCUT2D eigenvalue weighted by atomic mass is 10.1. The van der Waals surface area contributed by atoms with Crippen LogP contribution in [0.5, 0.6) is 5.75 Å². The zero-order valence-corrected chi connectivity index (χ0v) is 13.1. The molecule has 5 nitrogen and oxygen atoms in total. The van der Waals surface area contributed by atoms with Crippen molar-refractivity contribution in [2.45, 2.75) is 18.9 Å². The van der Waals surface area contributed by atoms with E-state index in [1.807, 2.05) is 24.3 Å². The first kappa shape index (κ1) is 15.5. The summed E-state index contributed by atoms with van der Waals surface area (Å²) in [6.45, 7) is 1.31.